The van der Waals surface area contributed by atoms with Crippen LogP contribution >= 0.6 is 22.9 Å². The highest BCUT2D eigenvalue weighted by Crippen LogP contribution is 2.34. The van der Waals surface area contributed by atoms with Crippen molar-refractivity contribution in [2.45, 2.75) is 40.2 Å². The molecule has 1 aliphatic rings. The van der Waals surface area contributed by atoms with Gasteiger partial charge in [0, 0.05) is 17.6 Å². The molecule has 1 fully saturated rings. The maximum absolute atomic E-state index is 5.85. The van der Waals surface area contributed by atoms with E-state index in [-0.39, 0.29) is 0 Å². The second-order valence-electron chi connectivity index (χ2n) is 6.00. The maximum atomic E-state index is 5.85. The van der Waals surface area contributed by atoms with Crippen molar-refractivity contribution in [3.8, 4) is 0 Å². The first-order valence-corrected chi connectivity index (χ1v) is 7.47. The van der Waals surface area contributed by atoms with Gasteiger partial charge in [-0.05, 0) is 37.3 Å². The van der Waals surface area contributed by atoms with Gasteiger partial charge >= 0.3 is 0 Å². The highest BCUT2D eigenvalue weighted by atomic mass is 35.5. The molecule has 0 amide bonds. The predicted octanol–water partition coefficient (Wildman–Crippen LogP) is 4.05. The molecule has 4 heteroatoms. The lowest BCUT2D eigenvalue weighted by atomic mass is 9.75. The number of hydrogen-bond donors (Lipinski definition) is 0. The number of aromatic nitrogens is 1. The number of rotatable bonds is 2. The van der Waals surface area contributed by atoms with Crippen molar-refractivity contribution in [3.63, 3.8) is 0 Å². The van der Waals surface area contributed by atoms with Gasteiger partial charge in [0.2, 0.25) is 0 Å². The van der Waals surface area contributed by atoms with Crippen LogP contribution in [0.5, 0.6) is 0 Å². The van der Waals surface area contributed by atoms with Gasteiger partial charge in [-0.3, -0.25) is 4.90 Å². The standard InChI is InChI=1S/C13H21ClN2S/c1-13(2,3)10-4-6-16(7-5-10)9-11-8-15-12(14)17-11/h8,10H,4-7,9H2,1-3H3. The molecular formula is C13H21ClN2S. The molecule has 0 atom stereocenters. The number of hydrogen-bond acceptors (Lipinski definition) is 3. The zero-order chi connectivity index (χ0) is 12.5. The Kier molecular flexibility index (Phi) is 4.11. The molecule has 0 radical (unpaired) electrons. The van der Waals surface area contributed by atoms with E-state index >= 15 is 0 Å². The van der Waals surface area contributed by atoms with Crippen molar-refractivity contribution in [1.82, 2.24) is 9.88 Å². The van der Waals surface area contributed by atoms with Gasteiger partial charge in [0.05, 0.1) is 0 Å². The van der Waals surface area contributed by atoms with Gasteiger partial charge in [0.25, 0.3) is 0 Å². The van der Waals surface area contributed by atoms with E-state index in [9.17, 15) is 0 Å². The van der Waals surface area contributed by atoms with Crippen LogP contribution < -0.4 is 0 Å². The van der Waals surface area contributed by atoms with Crippen molar-refractivity contribution < 1.29 is 0 Å². The molecule has 0 spiro atoms. The SMILES string of the molecule is CC(C)(C)C1CCN(Cc2cnc(Cl)s2)CC1. The van der Waals surface area contributed by atoms with E-state index in [1.165, 1.54) is 30.8 Å². The largest absolute Gasteiger partial charge is 0.298 e. The van der Waals surface area contributed by atoms with E-state index in [1.807, 2.05) is 6.20 Å². The van der Waals surface area contributed by atoms with Crippen LogP contribution in [-0.4, -0.2) is 23.0 Å². The van der Waals surface area contributed by atoms with Gasteiger partial charge in [-0.1, -0.05) is 32.4 Å². The second-order valence-corrected chi connectivity index (χ2v) is 7.69. The number of likely N-dealkylation sites (tertiary alicyclic amines) is 1. The van der Waals surface area contributed by atoms with Crippen LogP contribution in [0.25, 0.3) is 0 Å². The zero-order valence-corrected chi connectivity index (χ0v) is 12.4. The van der Waals surface area contributed by atoms with Crippen molar-refractivity contribution in [3.05, 3.63) is 15.5 Å². The van der Waals surface area contributed by atoms with Gasteiger partial charge < -0.3 is 0 Å². The van der Waals surface area contributed by atoms with Crippen LogP contribution in [0.3, 0.4) is 0 Å². The molecule has 0 aromatic carbocycles. The van der Waals surface area contributed by atoms with Crippen LogP contribution in [0.4, 0.5) is 0 Å². The van der Waals surface area contributed by atoms with Crippen LogP contribution in [-0.2, 0) is 6.54 Å². The number of piperidine rings is 1. The smallest absolute Gasteiger partial charge is 0.183 e. The molecule has 96 valence electrons. The number of thiazole rings is 1. The van der Waals surface area contributed by atoms with Crippen LogP contribution in [0.15, 0.2) is 6.20 Å². The highest BCUT2D eigenvalue weighted by Gasteiger charge is 2.28. The molecule has 1 aliphatic heterocycles. The number of halogens is 1. The van der Waals surface area contributed by atoms with Crippen LogP contribution in [0.1, 0.15) is 38.5 Å². The average molecular weight is 273 g/mol. The fourth-order valence-electron chi connectivity index (χ4n) is 2.53. The van der Waals surface area contributed by atoms with Gasteiger partial charge in [-0.15, -0.1) is 11.3 Å². The molecular weight excluding hydrogens is 252 g/mol. The Morgan fingerprint density at radius 1 is 1.41 bits per heavy atom. The molecule has 1 aromatic rings. The highest BCUT2D eigenvalue weighted by molar-refractivity contribution is 7.15. The van der Waals surface area contributed by atoms with Crippen molar-refractivity contribution in [2.24, 2.45) is 11.3 Å². The first-order chi connectivity index (χ1) is 7.95. The molecule has 0 N–H and O–H groups in total. The molecule has 2 nitrogen and oxygen atoms in total. The summed E-state index contributed by atoms with van der Waals surface area (Å²) >= 11 is 7.45. The lowest BCUT2D eigenvalue weighted by molar-refractivity contribution is 0.108. The molecule has 0 saturated carbocycles. The zero-order valence-electron chi connectivity index (χ0n) is 10.9. The topological polar surface area (TPSA) is 16.1 Å². The molecule has 2 heterocycles. The molecule has 2 rings (SSSR count). The van der Waals surface area contributed by atoms with E-state index in [2.05, 4.69) is 30.7 Å². The first-order valence-electron chi connectivity index (χ1n) is 6.28. The summed E-state index contributed by atoms with van der Waals surface area (Å²) in [6.07, 6.45) is 4.54. The van der Waals surface area contributed by atoms with Crippen molar-refractivity contribution in [2.75, 3.05) is 13.1 Å². The Hall–Kier alpha value is -0.120. The van der Waals surface area contributed by atoms with Gasteiger partial charge in [-0.2, -0.15) is 0 Å². The molecule has 1 saturated heterocycles. The number of nitrogens with zero attached hydrogens (tertiary/aromatic N) is 2. The Morgan fingerprint density at radius 3 is 2.53 bits per heavy atom. The van der Waals surface area contributed by atoms with Crippen LogP contribution in [0, 0.1) is 11.3 Å². The summed E-state index contributed by atoms with van der Waals surface area (Å²) < 4.78 is 0.657. The molecule has 17 heavy (non-hydrogen) atoms. The van der Waals surface area contributed by atoms with Gasteiger partial charge in [-0.25, -0.2) is 4.98 Å². The molecule has 0 aliphatic carbocycles. The third-order valence-electron chi connectivity index (χ3n) is 3.72. The third-order valence-corrected chi connectivity index (χ3v) is 4.82. The normalized spacial score (nSPS) is 19.8. The van der Waals surface area contributed by atoms with Crippen molar-refractivity contribution in [1.29, 1.82) is 0 Å². The summed E-state index contributed by atoms with van der Waals surface area (Å²) in [5.74, 6) is 0.865. The Balaban J connectivity index is 1.83. The minimum Gasteiger partial charge on any atom is -0.298 e. The Bertz CT molecular complexity index is 362. The summed E-state index contributed by atoms with van der Waals surface area (Å²) in [6.45, 7) is 10.5. The van der Waals surface area contributed by atoms with Crippen LogP contribution in [0.2, 0.25) is 4.47 Å². The van der Waals surface area contributed by atoms with E-state index in [0.29, 0.717) is 9.88 Å². The molecule has 1 aromatic heterocycles. The second kappa shape index (κ2) is 5.25. The van der Waals surface area contributed by atoms with E-state index in [0.717, 1.165) is 12.5 Å². The summed E-state index contributed by atoms with van der Waals surface area (Å²) in [5, 5.41) is 0. The fourth-order valence-corrected chi connectivity index (χ4v) is 3.55. The molecule has 0 bridgehead atoms. The minimum atomic E-state index is 0.458. The quantitative estimate of drug-likeness (QED) is 0.807. The third kappa shape index (κ3) is 3.67. The lowest BCUT2D eigenvalue weighted by Crippen LogP contribution is -2.37. The first kappa shape index (κ1) is 13.3. The van der Waals surface area contributed by atoms with Gasteiger partial charge in [0.1, 0.15) is 0 Å². The van der Waals surface area contributed by atoms with E-state index in [1.54, 1.807) is 11.3 Å². The van der Waals surface area contributed by atoms with E-state index < -0.39 is 0 Å². The monoisotopic (exact) mass is 272 g/mol. The Morgan fingerprint density at radius 2 is 2.06 bits per heavy atom. The fraction of sp³-hybridized carbons (Fsp3) is 0.769. The summed E-state index contributed by atoms with van der Waals surface area (Å²) in [7, 11) is 0. The van der Waals surface area contributed by atoms with E-state index in [4.69, 9.17) is 11.6 Å². The predicted molar refractivity (Wildman–Crippen MR) is 74.6 cm³/mol. The molecule has 0 unspecified atom stereocenters. The lowest BCUT2D eigenvalue weighted by Gasteiger charge is -2.38. The minimum absolute atomic E-state index is 0.458. The van der Waals surface area contributed by atoms with Crippen molar-refractivity contribution >= 4 is 22.9 Å². The Labute approximate surface area is 113 Å². The summed E-state index contributed by atoms with van der Waals surface area (Å²) in [4.78, 5) is 7.90. The van der Waals surface area contributed by atoms with Gasteiger partial charge in [0.15, 0.2) is 4.47 Å². The summed E-state index contributed by atoms with van der Waals surface area (Å²) in [5.41, 5.74) is 0.458. The summed E-state index contributed by atoms with van der Waals surface area (Å²) in [6, 6.07) is 0. The maximum Gasteiger partial charge on any atom is 0.183 e. The average Bonchev–Trinajstić information content (AvgIpc) is 2.63.